The molecule has 0 aliphatic rings. The Morgan fingerprint density at radius 1 is 1.10 bits per heavy atom. The fraction of sp³-hybridized carbons (Fsp3) is 0.278. The first-order valence-electron chi connectivity index (χ1n) is 7.28. The zero-order chi connectivity index (χ0) is 14.8. The highest BCUT2D eigenvalue weighted by molar-refractivity contribution is 5.83. The van der Waals surface area contributed by atoms with E-state index in [2.05, 4.69) is 59.7 Å². The van der Waals surface area contributed by atoms with E-state index in [9.17, 15) is 0 Å². The van der Waals surface area contributed by atoms with Crippen molar-refractivity contribution < 1.29 is 4.42 Å². The number of aromatic nitrogens is 1. The number of rotatable bonds is 4. The maximum atomic E-state index is 5.60. The standard InChI is InChI=1S/C18H20N2O/c1-12-14(3)21-18(20-12)11-19-13(2)16-9-8-15-6-4-5-7-17(15)10-16/h4-10,13,19H,11H2,1-3H3. The van der Waals surface area contributed by atoms with Crippen molar-refractivity contribution in [3.05, 3.63) is 65.4 Å². The predicted octanol–water partition coefficient (Wildman–Crippen LogP) is 4.30. The summed E-state index contributed by atoms with van der Waals surface area (Å²) in [6, 6.07) is 15.2. The molecule has 1 unspecified atom stereocenters. The monoisotopic (exact) mass is 280 g/mol. The van der Waals surface area contributed by atoms with E-state index in [1.165, 1.54) is 16.3 Å². The highest BCUT2D eigenvalue weighted by atomic mass is 16.4. The Morgan fingerprint density at radius 2 is 1.86 bits per heavy atom. The van der Waals surface area contributed by atoms with E-state index in [-0.39, 0.29) is 6.04 Å². The lowest BCUT2D eigenvalue weighted by Crippen LogP contribution is -2.18. The molecular formula is C18H20N2O. The van der Waals surface area contributed by atoms with E-state index >= 15 is 0 Å². The predicted molar refractivity (Wildman–Crippen MR) is 85.2 cm³/mol. The molecule has 3 heteroatoms. The molecule has 0 bridgehead atoms. The maximum Gasteiger partial charge on any atom is 0.208 e. The van der Waals surface area contributed by atoms with E-state index in [1.807, 2.05) is 13.8 Å². The molecule has 0 aliphatic carbocycles. The first-order chi connectivity index (χ1) is 10.1. The molecule has 0 saturated carbocycles. The summed E-state index contributed by atoms with van der Waals surface area (Å²) in [4.78, 5) is 4.40. The van der Waals surface area contributed by atoms with Crippen LogP contribution in [0.1, 0.15) is 35.9 Å². The van der Waals surface area contributed by atoms with Gasteiger partial charge in [-0.15, -0.1) is 0 Å². The van der Waals surface area contributed by atoms with Crippen LogP contribution < -0.4 is 5.32 Å². The molecule has 108 valence electrons. The summed E-state index contributed by atoms with van der Waals surface area (Å²) in [6.07, 6.45) is 0. The lowest BCUT2D eigenvalue weighted by atomic mass is 10.0. The summed E-state index contributed by atoms with van der Waals surface area (Å²) < 4.78 is 5.60. The van der Waals surface area contributed by atoms with Gasteiger partial charge in [0.2, 0.25) is 5.89 Å². The number of hydrogen-bond acceptors (Lipinski definition) is 3. The summed E-state index contributed by atoms with van der Waals surface area (Å²) in [7, 11) is 0. The first-order valence-corrected chi connectivity index (χ1v) is 7.28. The van der Waals surface area contributed by atoms with E-state index in [0.717, 1.165) is 17.3 Å². The lowest BCUT2D eigenvalue weighted by Gasteiger charge is -2.13. The van der Waals surface area contributed by atoms with Crippen LogP contribution in [0.3, 0.4) is 0 Å². The Labute approximate surface area is 125 Å². The van der Waals surface area contributed by atoms with Gasteiger partial charge in [-0.1, -0.05) is 36.4 Å². The van der Waals surface area contributed by atoms with Crippen molar-refractivity contribution in [2.45, 2.75) is 33.4 Å². The Bertz CT molecular complexity index is 741. The van der Waals surface area contributed by atoms with Gasteiger partial charge in [-0.05, 0) is 43.2 Å². The van der Waals surface area contributed by atoms with Gasteiger partial charge >= 0.3 is 0 Å². The van der Waals surface area contributed by atoms with Crippen LogP contribution in [-0.4, -0.2) is 4.98 Å². The van der Waals surface area contributed by atoms with Gasteiger partial charge in [0.25, 0.3) is 0 Å². The lowest BCUT2D eigenvalue weighted by molar-refractivity contribution is 0.432. The molecule has 1 heterocycles. The molecular weight excluding hydrogens is 260 g/mol. The largest absolute Gasteiger partial charge is 0.444 e. The summed E-state index contributed by atoms with van der Waals surface area (Å²) in [5.41, 5.74) is 2.24. The third-order valence-corrected chi connectivity index (χ3v) is 3.91. The molecule has 0 saturated heterocycles. The molecule has 1 N–H and O–H groups in total. The number of nitrogens with one attached hydrogen (secondary N) is 1. The fourth-order valence-corrected chi connectivity index (χ4v) is 2.45. The van der Waals surface area contributed by atoms with Crippen molar-refractivity contribution in [2.75, 3.05) is 0 Å². The van der Waals surface area contributed by atoms with Crippen molar-refractivity contribution in [3.8, 4) is 0 Å². The van der Waals surface area contributed by atoms with Crippen LogP contribution in [0.4, 0.5) is 0 Å². The van der Waals surface area contributed by atoms with Crippen LogP contribution in [0.5, 0.6) is 0 Å². The van der Waals surface area contributed by atoms with Crippen LogP contribution in [-0.2, 0) is 6.54 Å². The molecule has 3 rings (SSSR count). The van der Waals surface area contributed by atoms with Crippen molar-refractivity contribution >= 4 is 10.8 Å². The molecule has 21 heavy (non-hydrogen) atoms. The van der Waals surface area contributed by atoms with Gasteiger partial charge in [0.1, 0.15) is 5.76 Å². The van der Waals surface area contributed by atoms with Gasteiger partial charge < -0.3 is 9.73 Å². The van der Waals surface area contributed by atoms with E-state index < -0.39 is 0 Å². The van der Waals surface area contributed by atoms with Gasteiger partial charge in [-0.3, -0.25) is 0 Å². The Kier molecular flexibility index (Phi) is 3.76. The van der Waals surface area contributed by atoms with Crippen LogP contribution in [0.25, 0.3) is 10.8 Å². The van der Waals surface area contributed by atoms with Crippen molar-refractivity contribution in [3.63, 3.8) is 0 Å². The smallest absolute Gasteiger partial charge is 0.208 e. The van der Waals surface area contributed by atoms with E-state index in [1.54, 1.807) is 0 Å². The Hall–Kier alpha value is -2.13. The molecule has 0 radical (unpaired) electrons. The maximum absolute atomic E-state index is 5.60. The molecule has 0 amide bonds. The highest BCUT2D eigenvalue weighted by Crippen LogP contribution is 2.20. The second kappa shape index (κ2) is 5.70. The third kappa shape index (κ3) is 2.98. The number of hydrogen-bond donors (Lipinski definition) is 1. The summed E-state index contributed by atoms with van der Waals surface area (Å²) in [5.74, 6) is 1.64. The second-order valence-electron chi connectivity index (χ2n) is 5.46. The summed E-state index contributed by atoms with van der Waals surface area (Å²) >= 11 is 0. The number of fused-ring (bicyclic) bond motifs is 1. The zero-order valence-electron chi connectivity index (χ0n) is 12.7. The SMILES string of the molecule is Cc1nc(CNC(C)c2ccc3ccccc3c2)oc1C. The first kappa shape index (κ1) is 13.8. The van der Waals surface area contributed by atoms with Gasteiger partial charge in [0.05, 0.1) is 12.2 Å². The molecule has 0 aliphatic heterocycles. The van der Waals surface area contributed by atoms with Gasteiger partial charge in [0, 0.05) is 6.04 Å². The Morgan fingerprint density at radius 3 is 2.57 bits per heavy atom. The van der Waals surface area contributed by atoms with Gasteiger partial charge in [-0.2, -0.15) is 0 Å². The average molecular weight is 280 g/mol. The van der Waals surface area contributed by atoms with Crippen LogP contribution in [0.2, 0.25) is 0 Å². The van der Waals surface area contributed by atoms with E-state index in [4.69, 9.17) is 4.42 Å². The minimum absolute atomic E-state index is 0.252. The second-order valence-corrected chi connectivity index (χ2v) is 5.46. The molecule has 3 aromatic rings. The molecule has 3 nitrogen and oxygen atoms in total. The molecule has 2 aromatic carbocycles. The van der Waals surface area contributed by atoms with Crippen LogP contribution in [0, 0.1) is 13.8 Å². The van der Waals surface area contributed by atoms with Crippen molar-refractivity contribution in [1.29, 1.82) is 0 Å². The quantitative estimate of drug-likeness (QED) is 0.774. The summed E-state index contributed by atoms with van der Waals surface area (Å²) in [6.45, 7) is 6.71. The zero-order valence-corrected chi connectivity index (χ0v) is 12.7. The molecule has 1 aromatic heterocycles. The number of aryl methyl sites for hydroxylation is 2. The minimum atomic E-state index is 0.252. The third-order valence-electron chi connectivity index (χ3n) is 3.91. The van der Waals surface area contributed by atoms with Crippen molar-refractivity contribution in [2.24, 2.45) is 0 Å². The fourth-order valence-electron chi connectivity index (χ4n) is 2.45. The van der Waals surface area contributed by atoms with Crippen LogP contribution >= 0.6 is 0 Å². The number of benzene rings is 2. The topological polar surface area (TPSA) is 38.1 Å². The molecule has 1 atom stereocenters. The Balaban J connectivity index is 1.72. The average Bonchev–Trinajstić information content (AvgIpc) is 2.83. The number of oxazole rings is 1. The van der Waals surface area contributed by atoms with Gasteiger partial charge in [0.15, 0.2) is 0 Å². The highest BCUT2D eigenvalue weighted by Gasteiger charge is 2.09. The molecule has 0 spiro atoms. The van der Waals surface area contributed by atoms with E-state index in [0.29, 0.717) is 6.54 Å². The van der Waals surface area contributed by atoms with Crippen molar-refractivity contribution in [1.82, 2.24) is 10.3 Å². The normalized spacial score (nSPS) is 12.7. The summed E-state index contributed by atoms with van der Waals surface area (Å²) in [5, 5.41) is 6.00. The minimum Gasteiger partial charge on any atom is -0.444 e. The van der Waals surface area contributed by atoms with Gasteiger partial charge in [-0.25, -0.2) is 4.98 Å². The number of nitrogens with zero attached hydrogens (tertiary/aromatic N) is 1. The van der Waals surface area contributed by atoms with Crippen LogP contribution in [0.15, 0.2) is 46.9 Å². The molecule has 0 fully saturated rings.